The number of carboxylic acids is 1. The summed E-state index contributed by atoms with van der Waals surface area (Å²) in [5, 5.41) is 17.8. The summed E-state index contributed by atoms with van der Waals surface area (Å²) in [6.07, 6.45) is 5.37. The molecule has 5 heteroatoms. The Morgan fingerprint density at radius 2 is 1.81 bits per heavy atom. The van der Waals surface area contributed by atoms with E-state index in [9.17, 15) is 4.79 Å². The second kappa shape index (κ2) is 9.02. The number of allylic oxidation sites excluding steroid dienone is 1. The highest BCUT2D eigenvalue weighted by Crippen LogP contribution is 2.36. The largest absolute Gasteiger partial charge is 0.478 e. The number of benzene rings is 3. The minimum absolute atomic E-state index is 0.697. The van der Waals surface area contributed by atoms with Crippen molar-refractivity contribution in [3.05, 3.63) is 106 Å². The van der Waals surface area contributed by atoms with Crippen molar-refractivity contribution in [1.29, 1.82) is 0 Å². The molecule has 3 aromatic carbocycles. The van der Waals surface area contributed by atoms with Gasteiger partial charge in [0, 0.05) is 16.5 Å². The molecule has 0 bridgehead atoms. The van der Waals surface area contributed by atoms with Gasteiger partial charge in [-0.15, -0.1) is 0 Å². The maximum absolute atomic E-state index is 10.8. The van der Waals surface area contributed by atoms with Gasteiger partial charge >= 0.3 is 5.97 Å². The Balaban J connectivity index is 1.91. The standard InChI is InChI=1S/C26H21ClN2O2/c1-2-23(19-4-3-5-22(27)15-19)26(20-11-12-24-21(14-20)16-28-29-24)18-9-6-17(7-10-18)8-13-25(30)31/h3-16H,2H2,1H3,(H,28,29)(H,30,31)/b13-8+,26-23+. The number of nitrogens with one attached hydrogen (secondary N) is 1. The third-order valence-electron chi connectivity index (χ3n) is 5.18. The number of carbonyl (C=O) groups is 1. The highest BCUT2D eigenvalue weighted by atomic mass is 35.5. The predicted octanol–water partition coefficient (Wildman–Crippen LogP) is 6.68. The summed E-state index contributed by atoms with van der Waals surface area (Å²) in [5.41, 5.74) is 7.31. The van der Waals surface area contributed by atoms with E-state index < -0.39 is 5.97 Å². The topological polar surface area (TPSA) is 66.0 Å². The van der Waals surface area contributed by atoms with Crippen LogP contribution in [0.15, 0.2) is 79.0 Å². The predicted molar refractivity (Wildman–Crippen MR) is 127 cm³/mol. The molecule has 2 N–H and O–H groups in total. The quantitative estimate of drug-likeness (QED) is 0.266. The molecule has 0 aliphatic heterocycles. The molecular formula is C26H21ClN2O2. The first-order valence-corrected chi connectivity index (χ1v) is 10.4. The van der Waals surface area contributed by atoms with Crippen molar-refractivity contribution >= 4 is 45.7 Å². The van der Waals surface area contributed by atoms with Crippen molar-refractivity contribution in [1.82, 2.24) is 10.2 Å². The first-order valence-electron chi connectivity index (χ1n) is 9.99. The lowest BCUT2D eigenvalue weighted by molar-refractivity contribution is -0.131. The van der Waals surface area contributed by atoms with Crippen LogP contribution in [-0.4, -0.2) is 21.3 Å². The van der Waals surface area contributed by atoms with Crippen LogP contribution in [0.25, 0.3) is 28.1 Å². The van der Waals surface area contributed by atoms with Gasteiger partial charge in [-0.3, -0.25) is 5.10 Å². The number of hydrogen-bond donors (Lipinski definition) is 2. The van der Waals surface area contributed by atoms with Gasteiger partial charge in [0.15, 0.2) is 0 Å². The Bertz CT molecular complexity index is 1300. The monoisotopic (exact) mass is 428 g/mol. The van der Waals surface area contributed by atoms with Crippen LogP contribution in [-0.2, 0) is 4.79 Å². The average Bonchev–Trinajstić information content (AvgIpc) is 3.24. The Labute approximate surface area is 185 Å². The van der Waals surface area contributed by atoms with E-state index in [1.807, 2.05) is 54.7 Å². The van der Waals surface area contributed by atoms with Crippen molar-refractivity contribution in [2.24, 2.45) is 0 Å². The highest BCUT2D eigenvalue weighted by Gasteiger charge is 2.14. The zero-order valence-corrected chi connectivity index (χ0v) is 17.7. The van der Waals surface area contributed by atoms with Crippen LogP contribution in [0, 0.1) is 0 Å². The maximum Gasteiger partial charge on any atom is 0.328 e. The molecule has 31 heavy (non-hydrogen) atoms. The number of halogens is 1. The van der Waals surface area contributed by atoms with Gasteiger partial charge < -0.3 is 5.11 Å². The maximum atomic E-state index is 10.8. The van der Waals surface area contributed by atoms with Gasteiger partial charge in [-0.1, -0.05) is 61.0 Å². The molecule has 1 heterocycles. The van der Waals surface area contributed by atoms with Crippen molar-refractivity contribution in [3.8, 4) is 0 Å². The first kappa shape index (κ1) is 20.6. The minimum Gasteiger partial charge on any atom is -0.478 e. The van der Waals surface area contributed by atoms with Crippen LogP contribution in [0.1, 0.15) is 35.6 Å². The van der Waals surface area contributed by atoms with E-state index in [0.717, 1.165) is 51.2 Å². The van der Waals surface area contributed by atoms with Crippen LogP contribution in [0.5, 0.6) is 0 Å². The molecule has 4 aromatic rings. The number of nitrogens with zero attached hydrogens (tertiary/aromatic N) is 1. The summed E-state index contributed by atoms with van der Waals surface area (Å²) >= 11 is 6.30. The third-order valence-corrected chi connectivity index (χ3v) is 5.41. The summed E-state index contributed by atoms with van der Waals surface area (Å²) < 4.78 is 0. The number of fused-ring (bicyclic) bond motifs is 1. The number of carboxylic acid groups (broad SMARTS) is 1. The fourth-order valence-electron chi connectivity index (χ4n) is 3.74. The molecule has 0 radical (unpaired) electrons. The molecule has 1 aromatic heterocycles. The number of aliphatic carboxylic acids is 1. The van der Waals surface area contributed by atoms with E-state index >= 15 is 0 Å². The second-order valence-electron chi connectivity index (χ2n) is 7.18. The van der Waals surface area contributed by atoms with E-state index in [1.54, 1.807) is 6.08 Å². The summed E-state index contributed by atoms with van der Waals surface area (Å²) in [6.45, 7) is 2.14. The SMILES string of the molecule is CC/C(=C(/c1ccc(/C=C/C(=O)O)cc1)c1ccc2[nH]ncc2c1)c1cccc(Cl)c1. The molecule has 0 spiro atoms. The molecule has 0 aliphatic rings. The zero-order chi connectivity index (χ0) is 21.8. The molecular weight excluding hydrogens is 408 g/mol. The van der Waals surface area contributed by atoms with Gasteiger partial charge in [0.2, 0.25) is 0 Å². The summed E-state index contributed by atoms with van der Waals surface area (Å²) in [7, 11) is 0. The lowest BCUT2D eigenvalue weighted by Crippen LogP contribution is -1.95. The fourth-order valence-corrected chi connectivity index (χ4v) is 3.93. The van der Waals surface area contributed by atoms with Gasteiger partial charge in [0.05, 0.1) is 11.7 Å². The van der Waals surface area contributed by atoms with Crippen LogP contribution in [0.4, 0.5) is 0 Å². The highest BCUT2D eigenvalue weighted by molar-refractivity contribution is 6.30. The Morgan fingerprint density at radius 3 is 2.52 bits per heavy atom. The molecule has 0 amide bonds. The van der Waals surface area contributed by atoms with E-state index in [2.05, 4.69) is 35.3 Å². The van der Waals surface area contributed by atoms with Crippen molar-refractivity contribution < 1.29 is 9.90 Å². The molecule has 0 unspecified atom stereocenters. The lowest BCUT2D eigenvalue weighted by atomic mass is 9.87. The number of rotatable bonds is 6. The number of aromatic amines is 1. The third kappa shape index (κ3) is 4.60. The zero-order valence-electron chi connectivity index (χ0n) is 17.0. The van der Waals surface area contributed by atoms with E-state index in [1.165, 1.54) is 5.57 Å². The van der Waals surface area contributed by atoms with Gasteiger partial charge in [0.25, 0.3) is 0 Å². The summed E-state index contributed by atoms with van der Waals surface area (Å²) in [4.78, 5) is 10.8. The van der Waals surface area contributed by atoms with Gasteiger partial charge in [0.1, 0.15) is 0 Å². The molecule has 154 valence electrons. The van der Waals surface area contributed by atoms with Crippen LogP contribution in [0.3, 0.4) is 0 Å². The summed E-state index contributed by atoms with van der Waals surface area (Å²) in [6, 6.07) is 22.1. The van der Waals surface area contributed by atoms with Gasteiger partial charge in [-0.2, -0.15) is 5.10 Å². The van der Waals surface area contributed by atoms with Crippen molar-refractivity contribution in [2.45, 2.75) is 13.3 Å². The fraction of sp³-hybridized carbons (Fsp3) is 0.0769. The Hall–Kier alpha value is -3.63. The molecule has 0 atom stereocenters. The normalized spacial score (nSPS) is 12.3. The van der Waals surface area contributed by atoms with Gasteiger partial charge in [-0.25, -0.2) is 4.79 Å². The minimum atomic E-state index is -0.965. The number of hydrogen-bond acceptors (Lipinski definition) is 2. The van der Waals surface area contributed by atoms with Crippen LogP contribution in [0.2, 0.25) is 5.02 Å². The number of aromatic nitrogens is 2. The first-order chi connectivity index (χ1) is 15.0. The van der Waals surface area contributed by atoms with Crippen LogP contribution < -0.4 is 0 Å². The smallest absolute Gasteiger partial charge is 0.328 e. The lowest BCUT2D eigenvalue weighted by Gasteiger charge is -2.17. The molecule has 0 saturated heterocycles. The van der Waals surface area contributed by atoms with E-state index in [0.29, 0.717) is 5.02 Å². The van der Waals surface area contributed by atoms with Gasteiger partial charge in [-0.05, 0) is 70.2 Å². The Kier molecular flexibility index (Phi) is 6.01. The van der Waals surface area contributed by atoms with Crippen molar-refractivity contribution in [2.75, 3.05) is 0 Å². The molecule has 0 fully saturated rings. The Morgan fingerprint density at radius 1 is 1.03 bits per heavy atom. The molecule has 4 nitrogen and oxygen atoms in total. The summed E-state index contributed by atoms with van der Waals surface area (Å²) in [5.74, 6) is -0.965. The molecule has 0 saturated carbocycles. The molecule has 4 rings (SSSR count). The second-order valence-corrected chi connectivity index (χ2v) is 7.62. The van der Waals surface area contributed by atoms with Crippen molar-refractivity contribution in [3.63, 3.8) is 0 Å². The van der Waals surface area contributed by atoms with E-state index in [4.69, 9.17) is 16.7 Å². The van der Waals surface area contributed by atoms with E-state index in [-0.39, 0.29) is 0 Å². The molecule has 0 aliphatic carbocycles. The number of H-pyrrole nitrogens is 1. The average molecular weight is 429 g/mol. The van der Waals surface area contributed by atoms with Crippen LogP contribution >= 0.6 is 11.6 Å².